The van der Waals surface area contributed by atoms with Gasteiger partial charge in [-0.05, 0) is 39.8 Å². The summed E-state index contributed by atoms with van der Waals surface area (Å²) >= 11 is 0. The van der Waals surface area contributed by atoms with Gasteiger partial charge in [-0.2, -0.15) is 0 Å². The summed E-state index contributed by atoms with van der Waals surface area (Å²) in [4.78, 5) is 2.51. The lowest BCUT2D eigenvalue weighted by atomic mass is 10.3. The maximum absolute atomic E-state index is 2.51. The van der Waals surface area contributed by atoms with Crippen LogP contribution in [0.15, 0.2) is 11.6 Å². The predicted octanol–water partition coefficient (Wildman–Crippen LogP) is 3.07. The molecule has 0 bridgehead atoms. The summed E-state index contributed by atoms with van der Waals surface area (Å²) in [6.45, 7) is 12.4. The van der Waals surface area contributed by atoms with Crippen molar-refractivity contribution in [1.29, 1.82) is 0 Å². The zero-order chi connectivity index (χ0) is 9.40. The second kappa shape index (κ2) is 7.35. The first-order valence-corrected chi connectivity index (χ1v) is 5.06. The van der Waals surface area contributed by atoms with Gasteiger partial charge in [0, 0.05) is 6.54 Å². The minimum absolute atomic E-state index is 1.13. The molecule has 0 fully saturated rings. The summed E-state index contributed by atoms with van der Waals surface area (Å²) in [5.41, 5.74) is 1.42. The van der Waals surface area contributed by atoms with Crippen LogP contribution in [0.5, 0.6) is 0 Å². The molecule has 0 rings (SSSR count). The molecule has 0 aliphatic heterocycles. The van der Waals surface area contributed by atoms with Crippen LogP contribution in [0.3, 0.4) is 0 Å². The molecule has 72 valence electrons. The van der Waals surface area contributed by atoms with Crippen LogP contribution in [0.4, 0.5) is 0 Å². The third kappa shape index (κ3) is 6.41. The molecule has 0 saturated heterocycles. The van der Waals surface area contributed by atoms with Crippen LogP contribution in [0, 0.1) is 0 Å². The largest absolute Gasteiger partial charge is 0.300 e. The molecule has 0 atom stereocenters. The van der Waals surface area contributed by atoms with Crippen molar-refractivity contribution in [1.82, 2.24) is 4.90 Å². The minimum atomic E-state index is 1.13. The Morgan fingerprint density at radius 1 is 1.08 bits per heavy atom. The van der Waals surface area contributed by atoms with Gasteiger partial charge < -0.3 is 0 Å². The normalized spacial score (nSPS) is 10.4. The maximum Gasteiger partial charge on any atom is 0.0165 e. The van der Waals surface area contributed by atoms with E-state index < -0.39 is 0 Å². The van der Waals surface area contributed by atoms with Crippen molar-refractivity contribution in [3.05, 3.63) is 11.6 Å². The summed E-state index contributed by atoms with van der Waals surface area (Å²) < 4.78 is 0. The van der Waals surface area contributed by atoms with Crippen LogP contribution < -0.4 is 0 Å². The van der Waals surface area contributed by atoms with Crippen LogP contribution >= 0.6 is 0 Å². The molecule has 12 heavy (non-hydrogen) atoms. The van der Waals surface area contributed by atoms with E-state index >= 15 is 0 Å². The Balaban J connectivity index is 3.69. The van der Waals surface area contributed by atoms with Crippen LogP contribution in [0.25, 0.3) is 0 Å². The zero-order valence-electron chi connectivity index (χ0n) is 9.06. The second-order valence-corrected chi connectivity index (χ2v) is 3.58. The fourth-order valence-electron chi connectivity index (χ4n) is 1.24. The Labute approximate surface area is 77.5 Å². The van der Waals surface area contributed by atoms with Crippen molar-refractivity contribution >= 4 is 0 Å². The highest BCUT2D eigenvalue weighted by Crippen LogP contribution is 1.96. The molecule has 0 heterocycles. The monoisotopic (exact) mass is 169 g/mol. The lowest BCUT2D eigenvalue weighted by Gasteiger charge is -2.18. The Kier molecular flexibility index (Phi) is 7.17. The average Bonchev–Trinajstić information content (AvgIpc) is 2.01. The molecule has 1 nitrogen and oxygen atoms in total. The van der Waals surface area contributed by atoms with Crippen LogP contribution in [0.2, 0.25) is 0 Å². The highest BCUT2D eigenvalue weighted by Gasteiger charge is 1.98. The molecular weight excluding hydrogens is 146 g/mol. The molecule has 0 spiro atoms. The summed E-state index contributed by atoms with van der Waals surface area (Å²) in [6.07, 6.45) is 4.83. The van der Waals surface area contributed by atoms with Gasteiger partial charge in [0.2, 0.25) is 0 Å². The SMILES string of the molecule is CCCN(CC=C(C)C)CCC. The highest BCUT2D eigenvalue weighted by atomic mass is 15.1. The van der Waals surface area contributed by atoms with E-state index in [1.807, 2.05) is 0 Å². The number of hydrogen-bond donors (Lipinski definition) is 0. The molecule has 0 radical (unpaired) electrons. The molecule has 0 amide bonds. The molecule has 0 aromatic rings. The molecule has 0 unspecified atom stereocenters. The fourth-order valence-corrected chi connectivity index (χ4v) is 1.24. The first-order valence-electron chi connectivity index (χ1n) is 5.06. The quantitative estimate of drug-likeness (QED) is 0.552. The van der Waals surface area contributed by atoms with Crippen molar-refractivity contribution in [2.45, 2.75) is 40.5 Å². The van der Waals surface area contributed by atoms with E-state index in [0.29, 0.717) is 0 Å². The first kappa shape index (κ1) is 11.7. The van der Waals surface area contributed by atoms with Crippen molar-refractivity contribution in [2.24, 2.45) is 0 Å². The smallest absolute Gasteiger partial charge is 0.0165 e. The van der Waals surface area contributed by atoms with Crippen LogP contribution in [-0.4, -0.2) is 24.5 Å². The summed E-state index contributed by atoms with van der Waals surface area (Å²) in [5.74, 6) is 0. The first-order chi connectivity index (χ1) is 5.70. The standard InChI is InChI=1S/C11H23N/c1-5-8-12(9-6-2)10-7-11(3)4/h7H,5-6,8-10H2,1-4H3. The summed E-state index contributed by atoms with van der Waals surface area (Å²) in [6, 6.07) is 0. The van der Waals surface area contributed by atoms with E-state index in [1.54, 1.807) is 0 Å². The van der Waals surface area contributed by atoms with Gasteiger partial charge in [0.1, 0.15) is 0 Å². The summed E-state index contributed by atoms with van der Waals surface area (Å²) in [5, 5.41) is 0. The van der Waals surface area contributed by atoms with Gasteiger partial charge in [-0.1, -0.05) is 25.5 Å². The van der Waals surface area contributed by atoms with Gasteiger partial charge in [0.15, 0.2) is 0 Å². The van der Waals surface area contributed by atoms with Crippen LogP contribution in [-0.2, 0) is 0 Å². The molecule has 1 heteroatoms. The van der Waals surface area contributed by atoms with E-state index in [9.17, 15) is 0 Å². The molecule has 0 saturated carbocycles. The van der Waals surface area contributed by atoms with Crippen molar-refractivity contribution in [3.63, 3.8) is 0 Å². The van der Waals surface area contributed by atoms with E-state index in [1.165, 1.54) is 31.5 Å². The van der Waals surface area contributed by atoms with Gasteiger partial charge in [0.05, 0.1) is 0 Å². The third-order valence-electron chi connectivity index (χ3n) is 1.84. The van der Waals surface area contributed by atoms with Gasteiger partial charge in [-0.25, -0.2) is 0 Å². The van der Waals surface area contributed by atoms with Crippen molar-refractivity contribution < 1.29 is 0 Å². The second-order valence-electron chi connectivity index (χ2n) is 3.58. The fraction of sp³-hybridized carbons (Fsp3) is 0.818. The lowest BCUT2D eigenvalue weighted by molar-refractivity contribution is 0.303. The molecule has 0 aliphatic rings. The molecule has 0 aliphatic carbocycles. The topological polar surface area (TPSA) is 3.24 Å². The Bertz CT molecular complexity index is 117. The number of hydrogen-bond acceptors (Lipinski definition) is 1. The number of rotatable bonds is 6. The van der Waals surface area contributed by atoms with Crippen molar-refractivity contribution in [2.75, 3.05) is 19.6 Å². The molecule has 0 aromatic carbocycles. The number of nitrogens with zero attached hydrogens (tertiary/aromatic N) is 1. The Morgan fingerprint density at radius 2 is 1.58 bits per heavy atom. The predicted molar refractivity (Wildman–Crippen MR) is 56.5 cm³/mol. The molecule has 0 aromatic heterocycles. The third-order valence-corrected chi connectivity index (χ3v) is 1.84. The lowest BCUT2D eigenvalue weighted by Crippen LogP contribution is -2.25. The summed E-state index contributed by atoms with van der Waals surface area (Å²) in [7, 11) is 0. The highest BCUT2D eigenvalue weighted by molar-refractivity contribution is 4.94. The van der Waals surface area contributed by atoms with E-state index in [4.69, 9.17) is 0 Å². The van der Waals surface area contributed by atoms with Gasteiger partial charge in [-0.15, -0.1) is 0 Å². The van der Waals surface area contributed by atoms with E-state index in [-0.39, 0.29) is 0 Å². The number of allylic oxidation sites excluding steroid dienone is 1. The zero-order valence-corrected chi connectivity index (χ0v) is 9.06. The van der Waals surface area contributed by atoms with Gasteiger partial charge in [-0.3, -0.25) is 4.90 Å². The van der Waals surface area contributed by atoms with E-state index in [0.717, 1.165) is 6.54 Å². The van der Waals surface area contributed by atoms with Gasteiger partial charge in [0.25, 0.3) is 0 Å². The van der Waals surface area contributed by atoms with E-state index in [2.05, 4.69) is 38.7 Å². The molecule has 0 N–H and O–H groups in total. The van der Waals surface area contributed by atoms with Crippen LogP contribution in [0.1, 0.15) is 40.5 Å². The van der Waals surface area contributed by atoms with Gasteiger partial charge >= 0.3 is 0 Å². The van der Waals surface area contributed by atoms with Crippen molar-refractivity contribution in [3.8, 4) is 0 Å². The average molecular weight is 169 g/mol. The molecular formula is C11H23N. The Morgan fingerprint density at radius 3 is 1.92 bits per heavy atom. The maximum atomic E-state index is 2.51. The minimum Gasteiger partial charge on any atom is -0.300 e. The Hall–Kier alpha value is -0.300.